The Labute approximate surface area is 185 Å². The van der Waals surface area contributed by atoms with Gasteiger partial charge in [0, 0.05) is 5.92 Å². The molecule has 1 aliphatic rings. The van der Waals surface area contributed by atoms with Gasteiger partial charge in [-0.3, -0.25) is 23.1 Å². The Balaban J connectivity index is 1.96. The molecule has 1 fully saturated rings. The number of aromatic amines is 1. The summed E-state index contributed by atoms with van der Waals surface area (Å²) in [6, 6.07) is -0.955. The van der Waals surface area contributed by atoms with Crippen LogP contribution in [0.5, 0.6) is 0 Å². The van der Waals surface area contributed by atoms with E-state index in [4.69, 9.17) is 19.7 Å². The Kier molecular flexibility index (Phi) is 6.91. The van der Waals surface area contributed by atoms with Crippen LogP contribution in [0.25, 0.3) is 11.2 Å². The fourth-order valence-electron chi connectivity index (χ4n) is 3.72. The van der Waals surface area contributed by atoms with Gasteiger partial charge in [-0.2, -0.15) is 12.7 Å². The lowest BCUT2D eigenvalue weighted by molar-refractivity contribution is -0.707. The van der Waals surface area contributed by atoms with Crippen molar-refractivity contribution in [1.82, 2.24) is 14.5 Å². The van der Waals surface area contributed by atoms with E-state index in [1.807, 2.05) is 0 Å². The molecule has 0 aromatic carbocycles. The number of fused-ring (bicyclic) bond motifs is 1. The highest BCUT2D eigenvalue weighted by Crippen LogP contribution is 2.58. The van der Waals surface area contributed by atoms with Crippen molar-refractivity contribution < 1.29 is 54.9 Å². The van der Waals surface area contributed by atoms with E-state index in [1.54, 1.807) is 0 Å². The van der Waals surface area contributed by atoms with Crippen LogP contribution in [-0.2, 0) is 39.3 Å². The molecule has 0 bridgehead atoms. The lowest BCUT2D eigenvalue weighted by atomic mass is 10.1. The molecule has 1 aliphatic carbocycles. The van der Waals surface area contributed by atoms with Gasteiger partial charge in [-0.25, -0.2) is 13.7 Å². The van der Waals surface area contributed by atoms with Crippen molar-refractivity contribution in [1.29, 1.82) is 0 Å². The van der Waals surface area contributed by atoms with Gasteiger partial charge >= 0.3 is 21.3 Å². The SMILES string of the molecule is Cn1c[n+]([C@@H]2C[C@H](COP(=O)(O)OP(=O)(O)O)[C@@H](OS(C)(=O)=O)[C@H]2O)c2nc(N)[nH]c(=O)c21. The molecule has 186 valence electrons. The van der Waals surface area contributed by atoms with E-state index >= 15 is 0 Å². The van der Waals surface area contributed by atoms with Crippen molar-refractivity contribution in [2.45, 2.75) is 24.7 Å². The van der Waals surface area contributed by atoms with Crippen LogP contribution in [0.15, 0.2) is 11.1 Å². The number of nitrogen functional groups attached to an aromatic ring is 1. The number of phosphoric ester groups is 1. The van der Waals surface area contributed by atoms with Crippen LogP contribution < -0.4 is 15.9 Å². The normalized spacial score (nSPS) is 26.0. The Morgan fingerprint density at radius 3 is 2.58 bits per heavy atom. The van der Waals surface area contributed by atoms with Crippen molar-refractivity contribution >= 4 is 42.9 Å². The highest BCUT2D eigenvalue weighted by molar-refractivity contribution is 7.86. The van der Waals surface area contributed by atoms with Gasteiger partial charge in [0.15, 0.2) is 6.33 Å². The third-order valence-corrected chi connectivity index (χ3v) is 7.56. The van der Waals surface area contributed by atoms with E-state index in [2.05, 4.69) is 18.8 Å². The van der Waals surface area contributed by atoms with E-state index in [0.29, 0.717) is 0 Å². The minimum Gasteiger partial charge on any atom is -0.387 e. The number of nitrogens with one attached hydrogen (secondary N) is 1. The Bertz CT molecular complexity index is 1320. The van der Waals surface area contributed by atoms with Gasteiger partial charge in [0.25, 0.3) is 21.6 Å². The number of phosphoric acid groups is 2. The number of nitrogens with zero attached hydrogens (tertiary/aromatic N) is 3. The van der Waals surface area contributed by atoms with Crippen LogP contribution in [0, 0.1) is 5.92 Å². The van der Waals surface area contributed by atoms with Crippen LogP contribution in [0.2, 0.25) is 0 Å². The zero-order valence-electron chi connectivity index (χ0n) is 17.1. The van der Waals surface area contributed by atoms with Crippen LogP contribution in [0.3, 0.4) is 0 Å². The third-order valence-electron chi connectivity index (χ3n) is 4.83. The lowest BCUT2D eigenvalue weighted by Crippen LogP contribution is -2.46. The second-order valence-electron chi connectivity index (χ2n) is 7.41. The Morgan fingerprint density at radius 1 is 1.36 bits per heavy atom. The van der Waals surface area contributed by atoms with E-state index in [1.165, 1.54) is 22.5 Å². The number of imidazole rings is 1. The first kappa shape index (κ1) is 25.9. The lowest BCUT2D eigenvalue weighted by Gasteiger charge is -2.22. The number of rotatable bonds is 8. The number of H-pyrrole nitrogens is 1. The van der Waals surface area contributed by atoms with E-state index in [-0.39, 0.29) is 23.5 Å². The average Bonchev–Trinajstić information content (AvgIpc) is 3.07. The zero-order valence-corrected chi connectivity index (χ0v) is 19.7. The first-order valence-corrected chi connectivity index (χ1v) is 13.9. The van der Waals surface area contributed by atoms with Crippen LogP contribution in [0.1, 0.15) is 12.5 Å². The van der Waals surface area contributed by atoms with Gasteiger partial charge in [-0.1, -0.05) is 4.98 Å². The van der Waals surface area contributed by atoms with Gasteiger partial charge < -0.3 is 25.5 Å². The predicted molar refractivity (Wildman–Crippen MR) is 108 cm³/mol. The molecule has 33 heavy (non-hydrogen) atoms. The molecule has 2 aromatic rings. The van der Waals surface area contributed by atoms with Crippen LogP contribution in [0.4, 0.5) is 5.95 Å². The second kappa shape index (κ2) is 8.81. The van der Waals surface area contributed by atoms with E-state index < -0.39 is 62.1 Å². The summed E-state index contributed by atoms with van der Waals surface area (Å²) in [5.41, 5.74) is 5.22. The standard InChI is InChI=1S/C13H21N5O12P2S/c1-17-5-18(11-8(17)12(20)16-13(14)15-11)7-3-6(10(9(7)19)29-33(2,26)27)4-28-32(24,25)30-31(21,22)23/h5-7,9-10,19H,3-4H2,1-2H3,(H5-,14,15,16,20,21,22,23,24,25)/p+1/t6-,7-,9+,10-/m1/s1. The second-order valence-corrected chi connectivity index (χ2v) is 11.8. The molecule has 20 heteroatoms. The summed E-state index contributed by atoms with van der Waals surface area (Å²) in [4.78, 5) is 45.6. The smallest absolute Gasteiger partial charge is 0.387 e. The zero-order chi connectivity index (χ0) is 24.9. The van der Waals surface area contributed by atoms with Gasteiger partial charge in [-0.15, -0.1) is 0 Å². The monoisotopic (exact) mass is 534 g/mol. The molecule has 2 heterocycles. The fraction of sp³-hybridized carbons (Fsp3) is 0.615. The van der Waals surface area contributed by atoms with Crippen LogP contribution >= 0.6 is 15.6 Å². The van der Waals surface area contributed by atoms with Crippen molar-refractivity contribution in [3.05, 3.63) is 16.7 Å². The highest BCUT2D eigenvalue weighted by atomic mass is 32.2. The van der Waals surface area contributed by atoms with Gasteiger partial charge in [0.2, 0.25) is 5.52 Å². The first-order valence-electron chi connectivity index (χ1n) is 9.04. The maximum Gasteiger partial charge on any atom is 0.481 e. The van der Waals surface area contributed by atoms with Crippen LogP contribution in [-0.4, -0.2) is 67.8 Å². The number of aromatic nitrogens is 4. The fourth-order valence-corrected chi connectivity index (χ4v) is 6.04. The van der Waals surface area contributed by atoms with Gasteiger partial charge in [-0.05, 0) is 6.42 Å². The molecule has 0 amide bonds. The summed E-state index contributed by atoms with van der Waals surface area (Å²) in [5.74, 6) is -1.28. The number of hydrogen-bond donors (Lipinski definition) is 6. The molecule has 2 aromatic heterocycles. The quantitative estimate of drug-likeness (QED) is 0.117. The maximum absolute atomic E-state index is 12.2. The number of anilines is 1. The largest absolute Gasteiger partial charge is 0.481 e. The predicted octanol–water partition coefficient (Wildman–Crippen LogP) is -2.38. The van der Waals surface area contributed by atoms with Crippen molar-refractivity contribution in [3.63, 3.8) is 0 Å². The van der Waals surface area contributed by atoms with Crippen molar-refractivity contribution in [2.75, 3.05) is 18.6 Å². The van der Waals surface area contributed by atoms with E-state index in [9.17, 15) is 32.3 Å². The average molecular weight is 534 g/mol. The molecule has 3 rings (SSSR count). The molecular weight excluding hydrogens is 512 g/mol. The molecule has 7 N–H and O–H groups in total. The number of aryl methyl sites for hydroxylation is 1. The molecule has 17 nitrogen and oxygen atoms in total. The number of aliphatic hydroxyl groups is 1. The molecule has 1 saturated carbocycles. The van der Waals surface area contributed by atoms with Gasteiger partial charge in [0.1, 0.15) is 18.2 Å². The Morgan fingerprint density at radius 2 is 2.00 bits per heavy atom. The molecule has 0 saturated heterocycles. The third kappa shape index (κ3) is 6.05. The van der Waals surface area contributed by atoms with Gasteiger partial charge in [0.05, 0.1) is 19.9 Å². The molecule has 0 aliphatic heterocycles. The van der Waals surface area contributed by atoms with E-state index in [0.717, 1.165) is 6.26 Å². The molecule has 0 radical (unpaired) electrons. The summed E-state index contributed by atoms with van der Waals surface area (Å²) in [5, 5.41) is 10.9. The molecule has 1 unspecified atom stereocenters. The summed E-state index contributed by atoms with van der Waals surface area (Å²) in [6.07, 6.45) is -0.996. The minimum absolute atomic E-state index is 0.0696. The number of aliphatic hydroxyl groups excluding tert-OH is 1. The summed E-state index contributed by atoms with van der Waals surface area (Å²) in [7, 11) is -13.2. The summed E-state index contributed by atoms with van der Waals surface area (Å²) in [6.45, 7) is -0.775. The molecular formula is C13H22N5O12P2S+. The number of hydrogen-bond acceptors (Lipinski definition) is 11. The molecule has 0 spiro atoms. The minimum atomic E-state index is -5.38. The topological polar surface area (TPSA) is 257 Å². The highest BCUT2D eigenvalue weighted by Gasteiger charge is 2.49. The summed E-state index contributed by atoms with van der Waals surface area (Å²) >= 11 is 0. The first-order chi connectivity index (χ1) is 15.0. The maximum atomic E-state index is 12.2. The number of nitrogens with two attached hydrogens (primary N) is 1. The molecule has 5 atom stereocenters. The summed E-state index contributed by atoms with van der Waals surface area (Å²) < 4.78 is 62.1. The Hall–Kier alpha value is -1.72. The van der Waals surface area contributed by atoms with Crippen molar-refractivity contribution in [3.8, 4) is 0 Å². The van der Waals surface area contributed by atoms with Crippen molar-refractivity contribution in [2.24, 2.45) is 13.0 Å².